The number of piperazine rings is 1. The highest BCUT2D eigenvalue weighted by Gasteiger charge is 2.36. The van der Waals surface area contributed by atoms with E-state index in [1.165, 1.54) is 12.8 Å². The molecule has 154 valence electrons. The molecule has 1 aliphatic carbocycles. The third-order valence-electron chi connectivity index (χ3n) is 5.76. The summed E-state index contributed by atoms with van der Waals surface area (Å²) in [4.78, 5) is 27.1. The summed E-state index contributed by atoms with van der Waals surface area (Å²) in [7, 11) is 3.24. The molecular weight excluding hydrogens is 358 g/mol. The minimum atomic E-state index is -0.354. The van der Waals surface area contributed by atoms with E-state index in [2.05, 4.69) is 15.5 Å². The molecule has 0 spiro atoms. The summed E-state index contributed by atoms with van der Waals surface area (Å²) in [6.45, 7) is 2.00. The molecule has 7 nitrogen and oxygen atoms in total. The molecule has 3 rings (SSSR count). The van der Waals surface area contributed by atoms with E-state index in [9.17, 15) is 9.59 Å². The van der Waals surface area contributed by atoms with Crippen LogP contribution in [0.25, 0.3) is 0 Å². The zero-order valence-electron chi connectivity index (χ0n) is 16.8. The molecule has 2 N–H and O–H groups in total. The molecule has 0 aromatic heterocycles. The average Bonchev–Trinajstić information content (AvgIpc) is 3.24. The van der Waals surface area contributed by atoms with Crippen LogP contribution in [0.1, 0.15) is 37.7 Å². The Morgan fingerprint density at radius 3 is 2.75 bits per heavy atom. The smallest absolute Gasteiger partial charge is 0.237 e. The second-order valence-electron chi connectivity index (χ2n) is 7.46. The number of benzene rings is 1. The summed E-state index contributed by atoms with van der Waals surface area (Å²) in [5, 5.41) is 5.87. The number of nitrogens with one attached hydrogen (secondary N) is 2. The number of rotatable bonds is 8. The first-order valence-electron chi connectivity index (χ1n) is 10.1. The molecule has 1 atom stereocenters. The summed E-state index contributed by atoms with van der Waals surface area (Å²) in [5.74, 6) is 1.37. The van der Waals surface area contributed by atoms with Gasteiger partial charge in [0.2, 0.25) is 11.8 Å². The Balaban J connectivity index is 1.52. The Hall–Kier alpha value is -2.28. The van der Waals surface area contributed by atoms with Crippen LogP contribution in [0.3, 0.4) is 0 Å². The minimum Gasteiger partial charge on any atom is -0.497 e. The van der Waals surface area contributed by atoms with Gasteiger partial charge in [0, 0.05) is 31.7 Å². The van der Waals surface area contributed by atoms with Crippen molar-refractivity contribution in [2.24, 2.45) is 0 Å². The van der Waals surface area contributed by atoms with Gasteiger partial charge < -0.3 is 20.1 Å². The Bertz CT molecular complexity index is 688. The van der Waals surface area contributed by atoms with Crippen LogP contribution in [0.15, 0.2) is 18.2 Å². The maximum absolute atomic E-state index is 12.5. The third kappa shape index (κ3) is 4.95. The monoisotopic (exact) mass is 389 g/mol. The number of amides is 2. The fraction of sp³-hybridized carbons (Fsp3) is 0.619. The molecule has 0 bridgehead atoms. The van der Waals surface area contributed by atoms with Crippen molar-refractivity contribution in [3.05, 3.63) is 23.8 Å². The summed E-state index contributed by atoms with van der Waals surface area (Å²) in [6.07, 6.45) is 5.55. The first-order chi connectivity index (χ1) is 13.6. The number of carbonyl (C=O) groups excluding carboxylic acids is 2. The van der Waals surface area contributed by atoms with Crippen molar-refractivity contribution in [2.75, 3.05) is 33.9 Å². The number of methoxy groups -OCH3 is 2. The van der Waals surface area contributed by atoms with Crippen molar-refractivity contribution in [1.82, 2.24) is 15.5 Å². The third-order valence-corrected chi connectivity index (χ3v) is 5.76. The molecular formula is C21H31N3O4. The largest absolute Gasteiger partial charge is 0.497 e. The Kier molecular flexibility index (Phi) is 7.14. The van der Waals surface area contributed by atoms with E-state index in [-0.39, 0.29) is 24.3 Å². The van der Waals surface area contributed by atoms with Crippen LogP contribution in [0.5, 0.6) is 11.5 Å². The molecule has 1 saturated heterocycles. The molecule has 2 aliphatic rings. The maximum Gasteiger partial charge on any atom is 0.237 e. The lowest BCUT2D eigenvalue weighted by Crippen LogP contribution is -2.59. The van der Waals surface area contributed by atoms with Gasteiger partial charge in [-0.1, -0.05) is 18.9 Å². The zero-order valence-corrected chi connectivity index (χ0v) is 16.8. The Morgan fingerprint density at radius 1 is 1.25 bits per heavy atom. The molecule has 0 radical (unpaired) electrons. The molecule has 2 fully saturated rings. The van der Waals surface area contributed by atoms with Crippen LogP contribution >= 0.6 is 0 Å². The minimum absolute atomic E-state index is 0.0230. The van der Waals surface area contributed by atoms with E-state index in [1.54, 1.807) is 14.2 Å². The number of hydrogen-bond donors (Lipinski definition) is 2. The van der Waals surface area contributed by atoms with Crippen molar-refractivity contribution in [1.29, 1.82) is 0 Å². The van der Waals surface area contributed by atoms with Crippen molar-refractivity contribution in [2.45, 2.75) is 50.6 Å². The van der Waals surface area contributed by atoms with Crippen molar-refractivity contribution < 1.29 is 19.1 Å². The van der Waals surface area contributed by atoms with Gasteiger partial charge in [0.1, 0.15) is 11.5 Å². The van der Waals surface area contributed by atoms with Gasteiger partial charge in [0.05, 0.1) is 26.7 Å². The fourth-order valence-electron chi connectivity index (χ4n) is 4.26. The van der Waals surface area contributed by atoms with Gasteiger partial charge in [-0.3, -0.25) is 14.5 Å². The van der Waals surface area contributed by atoms with Crippen molar-refractivity contribution in [3.8, 4) is 11.5 Å². The predicted molar refractivity (Wildman–Crippen MR) is 107 cm³/mol. The molecule has 7 heteroatoms. The predicted octanol–water partition coefficient (Wildman–Crippen LogP) is 1.50. The number of nitrogens with zero attached hydrogens (tertiary/aromatic N) is 1. The number of carbonyl (C=O) groups is 2. The molecule has 28 heavy (non-hydrogen) atoms. The lowest BCUT2D eigenvalue weighted by atomic mass is 10.0. The molecule has 1 aromatic carbocycles. The number of hydrogen-bond acceptors (Lipinski definition) is 5. The van der Waals surface area contributed by atoms with Gasteiger partial charge in [-0.25, -0.2) is 0 Å². The van der Waals surface area contributed by atoms with E-state index >= 15 is 0 Å². The van der Waals surface area contributed by atoms with Gasteiger partial charge in [-0.05, 0) is 30.9 Å². The highest BCUT2D eigenvalue weighted by atomic mass is 16.5. The topological polar surface area (TPSA) is 79.9 Å². The second-order valence-corrected chi connectivity index (χ2v) is 7.46. The summed E-state index contributed by atoms with van der Waals surface area (Å²) in [6, 6.07) is 5.74. The van der Waals surface area contributed by atoms with Crippen LogP contribution in [0, 0.1) is 0 Å². The molecule has 1 saturated carbocycles. The molecule has 1 heterocycles. The van der Waals surface area contributed by atoms with Crippen molar-refractivity contribution >= 4 is 11.8 Å². The maximum atomic E-state index is 12.5. The number of ether oxygens (including phenoxy) is 2. The van der Waals surface area contributed by atoms with Gasteiger partial charge in [-0.2, -0.15) is 0 Å². The lowest BCUT2D eigenvalue weighted by molar-refractivity contribution is -0.135. The van der Waals surface area contributed by atoms with E-state index in [1.807, 2.05) is 18.2 Å². The normalized spacial score (nSPS) is 20.6. The van der Waals surface area contributed by atoms with Gasteiger partial charge in [-0.15, -0.1) is 0 Å². The highest BCUT2D eigenvalue weighted by molar-refractivity contribution is 5.88. The van der Waals surface area contributed by atoms with Crippen LogP contribution < -0.4 is 20.1 Å². The zero-order chi connectivity index (χ0) is 19.9. The quantitative estimate of drug-likeness (QED) is 0.704. The van der Waals surface area contributed by atoms with E-state index in [0.29, 0.717) is 25.6 Å². The second kappa shape index (κ2) is 9.78. The summed E-state index contributed by atoms with van der Waals surface area (Å²) >= 11 is 0. The van der Waals surface area contributed by atoms with Gasteiger partial charge >= 0.3 is 0 Å². The Morgan fingerprint density at radius 2 is 2.04 bits per heavy atom. The van der Waals surface area contributed by atoms with E-state index in [4.69, 9.17) is 9.47 Å². The van der Waals surface area contributed by atoms with E-state index < -0.39 is 0 Å². The Labute approximate surface area is 166 Å². The van der Waals surface area contributed by atoms with Crippen LogP contribution in [0.2, 0.25) is 0 Å². The average molecular weight is 389 g/mol. The van der Waals surface area contributed by atoms with Crippen LogP contribution in [-0.2, 0) is 16.0 Å². The lowest BCUT2D eigenvalue weighted by Gasteiger charge is -2.38. The summed E-state index contributed by atoms with van der Waals surface area (Å²) < 4.78 is 10.6. The van der Waals surface area contributed by atoms with Gasteiger partial charge in [0.15, 0.2) is 0 Å². The SMILES string of the molecule is COc1ccc(CCNC(=O)C[C@@H]2C(=O)NCCN2C2CCCC2)c(OC)c1. The van der Waals surface area contributed by atoms with Crippen LogP contribution in [0.4, 0.5) is 0 Å². The summed E-state index contributed by atoms with van der Waals surface area (Å²) in [5.41, 5.74) is 1.01. The molecule has 1 aromatic rings. The standard InChI is InChI=1S/C21H31N3O4/c1-27-17-8-7-15(19(13-17)28-2)9-10-22-20(25)14-18-21(26)23-11-12-24(18)16-5-3-4-6-16/h7-8,13,16,18H,3-6,9-12,14H2,1-2H3,(H,22,25)(H,23,26)/t18-/m1/s1. The highest BCUT2D eigenvalue weighted by Crippen LogP contribution is 2.27. The molecule has 1 aliphatic heterocycles. The fourth-order valence-corrected chi connectivity index (χ4v) is 4.26. The van der Waals surface area contributed by atoms with Crippen molar-refractivity contribution in [3.63, 3.8) is 0 Å². The molecule has 0 unspecified atom stereocenters. The van der Waals surface area contributed by atoms with Crippen LogP contribution in [-0.4, -0.2) is 62.7 Å². The first-order valence-corrected chi connectivity index (χ1v) is 10.1. The molecule has 2 amide bonds. The van der Waals surface area contributed by atoms with E-state index in [0.717, 1.165) is 36.4 Å². The first kappa shape index (κ1) is 20.5. The van der Waals surface area contributed by atoms with Gasteiger partial charge in [0.25, 0.3) is 0 Å².